The van der Waals surface area contributed by atoms with Gasteiger partial charge in [-0.3, -0.25) is 9.69 Å². The minimum atomic E-state index is -1.43. The van der Waals surface area contributed by atoms with Crippen LogP contribution in [0, 0.1) is 10.1 Å². The van der Waals surface area contributed by atoms with Crippen LogP contribution >= 0.6 is 12.6 Å². The summed E-state index contributed by atoms with van der Waals surface area (Å²) in [7, 11) is 1.30. The normalized spacial score (nSPS) is 11.9. The maximum Gasteiger partial charge on any atom is 0.330 e. The molecule has 0 heterocycles. The van der Waals surface area contributed by atoms with Gasteiger partial charge >= 0.3 is 11.9 Å². The van der Waals surface area contributed by atoms with Crippen molar-refractivity contribution < 1.29 is 44.0 Å². The van der Waals surface area contributed by atoms with E-state index in [0.717, 1.165) is 11.8 Å². The number of para-hydroxylation sites is 1. The highest BCUT2D eigenvalue weighted by molar-refractivity contribution is 7.80. The summed E-state index contributed by atoms with van der Waals surface area (Å²) < 4.78 is 10.2. The molecule has 1 atom stereocenters. The number of rotatable bonds is 13. The first-order valence-electron chi connectivity index (χ1n) is 9.29. The van der Waals surface area contributed by atoms with Crippen LogP contribution in [0.2, 0.25) is 0 Å². The standard InChI is InChI=1S/C19H24N2O10S/c1-12(22)20(15(11-32)19(26)30-8-3-4-9-31-21(27)28)14(10-17(23)24)13-6-5-7-16(29-2)18(13)25/h5-7,10,15,25,32H,3-4,8-9,11H2,1-2H3,(H,23,24)/b14-10+/t15-/m1/s1. The van der Waals surface area contributed by atoms with Crippen LogP contribution in [0.15, 0.2) is 24.3 Å². The number of ether oxygens (including phenoxy) is 2. The lowest BCUT2D eigenvalue weighted by Gasteiger charge is -2.31. The van der Waals surface area contributed by atoms with Crippen LogP contribution in [0.5, 0.6) is 11.5 Å². The largest absolute Gasteiger partial charge is 0.504 e. The molecule has 0 bridgehead atoms. The maximum absolute atomic E-state index is 12.6. The van der Waals surface area contributed by atoms with Crippen molar-refractivity contribution >= 4 is 36.2 Å². The molecule has 0 unspecified atom stereocenters. The van der Waals surface area contributed by atoms with E-state index < -0.39 is 34.7 Å². The predicted octanol–water partition coefficient (Wildman–Crippen LogP) is 1.50. The molecule has 2 N–H and O–H groups in total. The van der Waals surface area contributed by atoms with Crippen molar-refractivity contribution in [2.45, 2.75) is 25.8 Å². The Hall–Kier alpha value is -3.48. The minimum absolute atomic E-state index is 0.0317. The molecule has 1 aromatic rings. The Bertz CT molecular complexity index is 874. The summed E-state index contributed by atoms with van der Waals surface area (Å²) in [4.78, 5) is 51.7. The molecule has 0 aliphatic rings. The highest BCUT2D eigenvalue weighted by atomic mass is 32.1. The molecule has 12 nitrogen and oxygen atoms in total. The van der Waals surface area contributed by atoms with Crippen LogP contribution in [-0.4, -0.2) is 70.2 Å². The van der Waals surface area contributed by atoms with E-state index in [4.69, 9.17) is 9.47 Å². The molecule has 0 aliphatic carbocycles. The van der Waals surface area contributed by atoms with E-state index in [0.29, 0.717) is 6.08 Å². The van der Waals surface area contributed by atoms with Gasteiger partial charge in [0.25, 0.3) is 5.09 Å². The summed E-state index contributed by atoms with van der Waals surface area (Å²) in [6, 6.07) is 2.95. The molecule has 176 valence electrons. The number of esters is 1. The third kappa shape index (κ3) is 7.65. The Morgan fingerprint density at radius 2 is 1.94 bits per heavy atom. The fraction of sp³-hybridized carbons (Fsp3) is 0.421. The number of benzene rings is 1. The topological polar surface area (TPSA) is 166 Å². The van der Waals surface area contributed by atoms with E-state index in [2.05, 4.69) is 17.5 Å². The maximum atomic E-state index is 12.6. The number of phenols is 1. The molecule has 13 heteroatoms. The molecule has 1 rings (SSSR count). The monoisotopic (exact) mass is 472 g/mol. The number of carbonyl (C=O) groups is 3. The van der Waals surface area contributed by atoms with E-state index >= 15 is 0 Å². The van der Waals surface area contributed by atoms with Crippen LogP contribution in [-0.2, 0) is 24.0 Å². The highest BCUT2D eigenvalue weighted by Crippen LogP contribution is 2.36. The number of thiol groups is 1. The van der Waals surface area contributed by atoms with Crippen LogP contribution in [0.3, 0.4) is 0 Å². The zero-order chi connectivity index (χ0) is 24.3. The van der Waals surface area contributed by atoms with E-state index in [1.165, 1.54) is 25.3 Å². The van der Waals surface area contributed by atoms with Crippen molar-refractivity contribution in [3.8, 4) is 11.5 Å². The van der Waals surface area contributed by atoms with Gasteiger partial charge in [0, 0.05) is 24.3 Å². The lowest BCUT2D eigenvalue weighted by atomic mass is 10.1. The van der Waals surface area contributed by atoms with Gasteiger partial charge in [-0.25, -0.2) is 9.59 Å². The average Bonchev–Trinajstić information content (AvgIpc) is 2.72. The van der Waals surface area contributed by atoms with Gasteiger partial charge in [0.15, 0.2) is 11.5 Å². The fourth-order valence-electron chi connectivity index (χ4n) is 2.72. The summed E-state index contributed by atoms with van der Waals surface area (Å²) >= 11 is 4.10. The number of amides is 1. The van der Waals surface area contributed by atoms with Crippen molar-refractivity contribution in [1.82, 2.24) is 4.90 Å². The second-order valence-electron chi connectivity index (χ2n) is 6.24. The summed E-state index contributed by atoms with van der Waals surface area (Å²) in [6.45, 7) is 0.838. The van der Waals surface area contributed by atoms with Crippen LogP contribution in [0.4, 0.5) is 0 Å². The number of carboxylic acids is 1. The van der Waals surface area contributed by atoms with E-state index in [1.54, 1.807) is 0 Å². The number of phenolic OH excluding ortho intramolecular Hbond substituents is 1. The van der Waals surface area contributed by atoms with Crippen LogP contribution in [0.1, 0.15) is 25.3 Å². The van der Waals surface area contributed by atoms with E-state index in [-0.39, 0.29) is 48.8 Å². The zero-order valence-electron chi connectivity index (χ0n) is 17.4. The summed E-state index contributed by atoms with van der Waals surface area (Å²) in [5.74, 6) is -3.61. The third-order valence-electron chi connectivity index (χ3n) is 4.09. The molecule has 0 radical (unpaired) electrons. The summed E-state index contributed by atoms with van der Waals surface area (Å²) in [5.41, 5.74) is -0.324. The van der Waals surface area contributed by atoms with Gasteiger partial charge in [0.2, 0.25) is 5.91 Å². The molecule has 0 aliphatic heterocycles. The second kappa shape index (κ2) is 13.0. The van der Waals surface area contributed by atoms with Gasteiger partial charge in [-0.05, 0) is 25.0 Å². The van der Waals surface area contributed by atoms with Gasteiger partial charge in [-0.2, -0.15) is 12.6 Å². The molecule has 0 saturated heterocycles. The Kier molecular flexibility index (Phi) is 10.8. The molecule has 0 fully saturated rings. The van der Waals surface area contributed by atoms with Crippen molar-refractivity contribution in [2.75, 3.05) is 26.1 Å². The SMILES string of the molecule is COc1cccc(/C(=C\C(=O)O)N(C(C)=O)[C@H](CS)C(=O)OCCCCO[N+](=O)[O-])c1O. The van der Waals surface area contributed by atoms with Gasteiger partial charge in [-0.15, -0.1) is 10.1 Å². The molecular formula is C19H24N2O10S. The number of carboxylic acid groups (broad SMARTS) is 1. The Labute approximate surface area is 188 Å². The first-order valence-corrected chi connectivity index (χ1v) is 9.92. The predicted molar refractivity (Wildman–Crippen MR) is 114 cm³/mol. The number of aromatic hydroxyl groups is 1. The summed E-state index contributed by atoms with van der Waals surface area (Å²) in [6.07, 6.45) is 1.18. The van der Waals surface area contributed by atoms with Gasteiger partial charge < -0.3 is 24.5 Å². The number of aliphatic carboxylic acids is 1. The lowest BCUT2D eigenvalue weighted by Crippen LogP contribution is -2.45. The van der Waals surface area contributed by atoms with Gasteiger partial charge in [0.05, 0.1) is 26.0 Å². The lowest BCUT2D eigenvalue weighted by molar-refractivity contribution is -0.757. The smallest absolute Gasteiger partial charge is 0.330 e. The van der Waals surface area contributed by atoms with Crippen molar-refractivity contribution in [1.29, 1.82) is 0 Å². The Balaban J connectivity index is 3.16. The summed E-state index contributed by atoms with van der Waals surface area (Å²) in [5, 5.41) is 29.0. The average molecular weight is 472 g/mol. The highest BCUT2D eigenvalue weighted by Gasteiger charge is 2.33. The third-order valence-corrected chi connectivity index (χ3v) is 4.44. The Morgan fingerprint density at radius 3 is 2.47 bits per heavy atom. The van der Waals surface area contributed by atoms with Crippen molar-refractivity contribution in [2.24, 2.45) is 0 Å². The molecule has 0 spiro atoms. The zero-order valence-corrected chi connectivity index (χ0v) is 18.3. The van der Waals surface area contributed by atoms with Crippen molar-refractivity contribution in [3.63, 3.8) is 0 Å². The number of carbonyl (C=O) groups excluding carboxylic acids is 2. The number of methoxy groups -OCH3 is 1. The first kappa shape index (κ1) is 26.6. The molecular weight excluding hydrogens is 448 g/mol. The van der Waals surface area contributed by atoms with Crippen molar-refractivity contribution in [3.05, 3.63) is 40.0 Å². The first-order chi connectivity index (χ1) is 15.1. The minimum Gasteiger partial charge on any atom is -0.504 e. The molecule has 0 saturated carbocycles. The van der Waals surface area contributed by atoms with E-state index in [9.17, 15) is 34.7 Å². The quantitative estimate of drug-likeness (QED) is 0.0956. The molecule has 1 aromatic carbocycles. The van der Waals surface area contributed by atoms with Gasteiger partial charge in [0.1, 0.15) is 6.04 Å². The van der Waals surface area contributed by atoms with E-state index in [1.807, 2.05) is 0 Å². The molecule has 0 aromatic heterocycles. The number of hydrogen-bond acceptors (Lipinski definition) is 10. The van der Waals surface area contributed by atoms with Crippen LogP contribution in [0.25, 0.3) is 5.70 Å². The number of nitrogens with zero attached hydrogens (tertiary/aromatic N) is 2. The number of hydrogen-bond donors (Lipinski definition) is 3. The number of unbranched alkanes of at least 4 members (excludes halogenated alkanes) is 1. The Morgan fingerprint density at radius 1 is 1.28 bits per heavy atom. The molecule has 32 heavy (non-hydrogen) atoms. The van der Waals surface area contributed by atoms with Gasteiger partial charge in [-0.1, -0.05) is 6.07 Å². The van der Waals surface area contributed by atoms with Crippen LogP contribution < -0.4 is 4.74 Å². The molecule has 1 amide bonds. The fourth-order valence-corrected chi connectivity index (χ4v) is 3.03. The second-order valence-corrected chi connectivity index (χ2v) is 6.61.